The van der Waals surface area contributed by atoms with Gasteiger partial charge < -0.3 is 19.5 Å². The summed E-state index contributed by atoms with van der Waals surface area (Å²) in [6, 6.07) is 5.25. The highest BCUT2D eigenvalue weighted by Gasteiger charge is 2.35. The lowest BCUT2D eigenvalue weighted by atomic mass is 9.83. The van der Waals surface area contributed by atoms with Crippen LogP contribution in [0.15, 0.2) is 18.2 Å². The van der Waals surface area contributed by atoms with Crippen molar-refractivity contribution in [1.82, 2.24) is 5.32 Å². The Balaban J connectivity index is 2.21. The van der Waals surface area contributed by atoms with E-state index in [1.165, 1.54) is 14.2 Å². The fourth-order valence-corrected chi connectivity index (χ4v) is 2.94. The van der Waals surface area contributed by atoms with Crippen molar-refractivity contribution in [3.63, 3.8) is 0 Å². The predicted molar refractivity (Wildman–Crippen MR) is 84.6 cm³/mol. The molecule has 5 nitrogen and oxygen atoms in total. The van der Waals surface area contributed by atoms with E-state index in [0.29, 0.717) is 23.0 Å². The highest BCUT2D eigenvalue weighted by Crippen LogP contribution is 2.34. The normalized spacial score (nSPS) is 16.2. The quantitative estimate of drug-likeness (QED) is 0.848. The van der Waals surface area contributed by atoms with E-state index in [4.69, 9.17) is 14.2 Å². The van der Waals surface area contributed by atoms with Gasteiger partial charge in [-0.25, -0.2) is 4.79 Å². The molecule has 0 spiro atoms. The minimum atomic E-state index is -0.523. The topological polar surface area (TPSA) is 56.8 Å². The molecular weight excluding hydrogens is 282 g/mol. The minimum absolute atomic E-state index is 0.342. The lowest BCUT2D eigenvalue weighted by Crippen LogP contribution is -2.42. The first kappa shape index (κ1) is 16.6. The third-order valence-corrected chi connectivity index (χ3v) is 4.31. The maximum Gasteiger partial charge on any atom is 0.346 e. The van der Waals surface area contributed by atoms with Crippen LogP contribution in [-0.4, -0.2) is 38.9 Å². The fraction of sp³-hybridized carbons (Fsp3) is 0.588. The molecule has 0 bridgehead atoms. The van der Waals surface area contributed by atoms with Crippen molar-refractivity contribution in [3.05, 3.63) is 23.8 Å². The van der Waals surface area contributed by atoms with Gasteiger partial charge in [0, 0.05) is 5.92 Å². The molecule has 0 unspecified atom stereocenters. The monoisotopic (exact) mass is 307 g/mol. The Bertz CT molecular complexity index is 499. The number of carbonyl (C=O) groups excluding carboxylic acids is 1. The number of esters is 1. The van der Waals surface area contributed by atoms with Crippen LogP contribution in [0.4, 0.5) is 0 Å². The van der Waals surface area contributed by atoms with Gasteiger partial charge in [-0.2, -0.15) is 0 Å². The van der Waals surface area contributed by atoms with E-state index in [9.17, 15) is 4.79 Å². The number of ether oxygens (including phenoxy) is 3. The van der Waals surface area contributed by atoms with E-state index in [2.05, 4.69) is 5.32 Å². The van der Waals surface area contributed by atoms with Crippen molar-refractivity contribution in [2.75, 3.05) is 27.3 Å². The molecule has 1 fully saturated rings. The maximum atomic E-state index is 12.7. The van der Waals surface area contributed by atoms with Gasteiger partial charge in [-0.05, 0) is 51.9 Å². The second-order valence-electron chi connectivity index (χ2n) is 6.05. The summed E-state index contributed by atoms with van der Waals surface area (Å²) in [7, 11) is 3.06. The predicted octanol–water partition coefficient (Wildman–Crippen LogP) is 2.64. The number of benzene rings is 1. The van der Waals surface area contributed by atoms with Gasteiger partial charge in [0.2, 0.25) is 0 Å². The van der Waals surface area contributed by atoms with E-state index in [-0.39, 0.29) is 0 Å². The summed E-state index contributed by atoms with van der Waals surface area (Å²) in [5.41, 5.74) is -0.181. The van der Waals surface area contributed by atoms with Gasteiger partial charge in [0.1, 0.15) is 22.7 Å². The number of rotatable bonds is 5. The smallest absolute Gasteiger partial charge is 0.346 e. The standard InChI is InChI=1S/C17H25NO4/c1-17(2,12-8-10-18-11-9-12)22-16(19)15-13(20-3)6-5-7-14(15)21-4/h5-7,12,18H,8-11H2,1-4H3. The second-order valence-corrected chi connectivity index (χ2v) is 6.05. The third-order valence-electron chi connectivity index (χ3n) is 4.31. The van der Waals surface area contributed by atoms with Gasteiger partial charge >= 0.3 is 5.97 Å². The lowest BCUT2D eigenvalue weighted by Gasteiger charge is -2.36. The Hall–Kier alpha value is -1.75. The molecule has 1 heterocycles. The summed E-state index contributed by atoms with van der Waals surface area (Å²) < 4.78 is 16.4. The van der Waals surface area contributed by atoms with Crippen LogP contribution in [0.2, 0.25) is 0 Å². The Labute approximate surface area is 131 Å². The Morgan fingerprint density at radius 3 is 2.18 bits per heavy atom. The van der Waals surface area contributed by atoms with Gasteiger partial charge in [0.05, 0.1) is 14.2 Å². The molecule has 0 amide bonds. The van der Waals surface area contributed by atoms with Gasteiger partial charge in [0.15, 0.2) is 0 Å². The molecule has 0 radical (unpaired) electrons. The molecule has 1 saturated heterocycles. The molecule has 5 heteroatoms. The van der Waals surface area contributed by atoms with E-state index in [0.717, 1.165) is 25.9 Å². The molecule has 1 aliphatic rings. The molecule has 0 atom stereocenters. The first-order valence-electron chi connectivity index (χ1n) is 7.64. The van der Waals surface area contributed by atoms with Gasteiger partial charge in [-0.15, -0.1) is 0 Å². The Kier molecular flexibility index (Phi) is 5.29. The molecule has 2 rings (SSSR count). The van der Waals surface area contributed by atoms with Crippen LogP contribution in [0, 0.1) is 5.92 Å². The summed E-state index contributed by atoms with van der Waals surface area (Å²) in [6.45, 7) is 5.87. The van der Waals surface area contributed by atoms with Crippen LogP contribution in [0.25, 0.3) is 0 Å². The average Bonchev–Trinajstić information content (AvgIpc) is 2.54. The van der Waals surface area contributed by atoms with E-state index >= 15 is 0 Å². The molecule has 1 aromatic carbocycles. The van der Waals surface area contributed by atoms with Crippen molar-refractivity contribution in [2.24, 2.45) is 5.92 Å². The summed E-state index contributed by atoms with van der Waals surface area (Å²) in [5, 5.41) is 3.33. The largest absolute Gasteiger partial charge is 0.496 e. The van der Waals surface area contributed by atoms with Crippen LogP contribution in [0.1, 0.15) is 37.0 Å². The average molecular weight is 307 g/mol. The van der Waals surface area contributed by atoms with Crippen LogP contribution in [0.3, 0.4) is 0 Å². The maximum absolute atomic E-state index is 12.7. The van der Waals surface area contributed by atoms with Crippen molar-refractivity contribution in [3.8, 4) is 11.5 Å². The van der Waals surface area contributed by atoms with E-state index in [1.54, 1.807) is 18.2 Å². The molecule has 0 saturated carbocycles. The van der Waals surface area contributed by atoms with Crippen molar-refractivity contribution in [1.29, 1.82) is 0 Å². The SMILES string of the molecule is COc1cccc(OC)c1C(=O)OC(C)(C)C1CCNCC1. The van der Waals surface area contributed by atoms with Crippen LogP contribution >= 0.6 is 0 Å². The van der Waals surface area contributed by atoms with Crippen molar-refractivity contribution < 1.29 is 19.0 Å². The van der Waals surface area contributed by atoms with Crippen molar-refractivity contribution >= 4 is 5.97 Å². The Morgan fingerprint density at radius 1 is 1.14 bits per heavy atom. The van der Waals surface area contributed by atoms with Crippen LogP contribution in [-0.2, 0) is 4.74 Å². The molecule has 22 heavy (non-hydrogen) atoms. The number of methoxy groups -OCH3 is 2. The number of carbonyl (C=O) groups is 1. The van der Waals surface area contributed by atoms with Gasteiger partial charge in [-0.1, -0.05) is 6.07 Å². The summed E-state index contributed by atoms with van der Waals surface area (Å²) in [5.74, 6) is 0.868. The molecule has 1 aliphatic heterocycles. The number of piperidine rings is 1. The fourth-order valence-electron chi connectivity index (χ4n) is 2.94. The first-order chi connectivity index (χ1) is 10.5. The van der Waals surface area contributed by atoms with Crippen LogP contribution in [0.5, 0.6) is 11.5 Å². The zero-order valence-corrected chi connectivity index (χ0v) is 13.8. The molecule has 122 valence electrons. The minimum Gasteiger partial charge on any atom is -0.496 e. The zero-order valence-electron chi connectivity index (χ0n) is 13.8. The summed E-state index contributed by atoms with van der Waals surface area (Å²) in [4.78, 5) is 12.7. The molecule has 1 aromatic rings. The first-order valence-corrected chi connectivity index (χ1v) is 7.64. The number of hydrogen-bond acceptors (Lipinski definition) is 5. The summed E-state index contributed by atoms with van der Waals surface area (Å²) >= 11 is 0. The lowest BCUT2D eigenvalue weighted by molar-refractivity contribution is -0.0372. The highest BCUT2D eigenvalue weighted by molar-refractivity contribution is 5.96. The van der Waals surface area contributed by atoms with Crippen molar-refractivity contribution in [2.45, 2.75) is 32.3 Å². The third kappa shape index (κ3) is 3.53. The molecule has 0 aromatic heterocycles. The molecule has 1 N–H and O–H groups in total. The van der Waals surface area contributed by atoms with E-state index < -0.39 is 11.6 Å². The van der Waals surface area contributed by atoms with Crippen LogP contribution < -0.4 is 14.8 Å². The zero-order chi connectivity index (χ0) is 16.2. The second kappa shape index (κ2) is 7.01. The number of hydrogen-bond donors (Lipinski definition) is 1. The molecule has 0 aliphatic carbocycles. The van der Waals surface area contributed by atoms with Gasteiger partial charge in [0.25, 0.3) is 0 Å². The Morgan fingerprint density at radius 2 is 1.68 bits per heavy atom. The van der Waals surface area contributed by atoms with E-state index in [1.807, 2.05) is 13.8 Å². The van der Waals surface area contributed by atoms with Gasteiger partial charge in [-0.3, -0.25) is 0 Å². The highest BCUT2D eigenvalue weighted by atomic mass is 16.6. The number of nitrogens with one attached hydrogen (secondary N) is 1. The summed E-state index contributed by atoms with van der Waals surface area (Å²) in [6.07, 6.45) is 2.01. The molecular formula is C17H25NO4.